The molecule has 8 nitrogen and oxygen atoms in total. The van der Waals surface area contributed by atoms with Crippen molar-refractivity contribution in [1.82, 2.24) is 15.0 Å². The van der Waals surface area contributed by atoms with Gasteiger partial charge in [-0.05, 0) is 25.5 Å². The Hall–Kier alpha value is -2.26. The van der Waals surface area contributed by atoms with Crippen LogP contribution in [0.1, 0.15) is 21.9 Å². The zero-order chi connectivity index (χ0) is 22.1. The van der Waals surface area contributed by atoms with E-state index in [2.05, 4.69) is 32.1 Å². The lowest BCUT2D eigenvalue weighted by atomic mass is 10.1. The van der Waals surface area contributed by atoms with E-state index in [1.807, 2.05) is 24.4 Å². The summed E-state index contributed by atoms with van der Waals surface area (Å²) in [7, 11) is 0. The van der Waals surface area contributed by atoms with Gasteiger partial charge in [-0.15, -0.1) is 22.7 Å². The molecule has 0 radical (unpaired) electrons. The van der Waals surface area contributed by atoms with E-state index in [-0.39, 0.29) is 23.5 Å². The summed E-state index contributed by atoms with van der Waals surface area (Å²) in [5.74, 6) is 5.86. The molecule has 11 heteroatoms. The van der Waals surface area contributed by atoms with Crippen LogP contribution < -0.4 is 11.1 Å². The normalized spacial score (nSPS) is 22.9. The molecule has 31 heavy (non-hydrogen) atoms. The maximum atomic E-state index is 10.3. The summed E-state index contributed by atoms with van der Waals surface area (Å²) in [6.07, 6.45) is -1.76. The number of nitrogens with one attached hydrogen (secondary N) is 1. The van der Waals surface area contributed by atoms with Gasteiger partial charge in [0.25, 0.3) is 0 Å². The van der Waals surface area contributed by atoms with E-state index in [0.29, 0.717) is 12.0 Å². The third kappa shape index (κ3) is 4.67. The molecule has 1 aliphatic rings. The summed E-state index contributed by atoms with van der Waals surface area (Å²) in [6.45, 7) is 1.73. The van der Waals surface area contributed by atoms with Crippen LogP contribution in [0.3, 0.4) is 0 Å². The Kier molecular flexibility index (Phi) is 6.43. The molecule has 3 heterocycles. The monoisotopic (exact) mass is 477 g/mol. The molecule has 1 aliphatic carbocycles. The second-order valence-electron chi connectivity index (χ2n) is 7.17. The fourth-order valence-corrected chi connectivity index (χ4v) is 5.16. The number of thiazole rings is 1. The number of aliphatic hydroxyl groups is 3. The lowest BCUT2D eigenvalue weighted by Crippen LogP contribution is -2.35. The number of nitrogens with two attached hydrogens (primary N) is 1. The van der Waals surface area contributed by atoms with Crippen molar-refractivity contribution >= 4 is 46.0 Å². The van der Waals surface area contributed by atoms with Crippen LogP contribution in [0.5, 0.6) is 0 Å². The smallest absolute Gasteiger partial charge is 0.223 e. The summed E-state index contributed by atoms with van der Waals surface area (Å²) < 4.78 is 0. The molecule has 4 atom stereocenters. The first-order chi connectivity index (χ1) is 14.9. The van der Waals surface area contributed by atoms with Gasteiger partial charge < -0.3 is 26.4 Å². The summed E-state index contributed by atoms with van der Waals surface area (Å²) in [5, 5.41) is 35.9. The summed E-state index contributed by atoms with van der Waals surface area (Å²) in [4.78, 5) is 14.5. The second-order valence-corrected chi connectivity index (χ2v) is 9.68. The molecule has 0 aliphatic heterocycles. The SMILES string of the molecule is Cc1nc(-c2ccc(C#Cc3c(Cl)nc(N)nc3N[C@@H]3C[C@H](CO)[C@@H](O)[C@H]3O)s2)cs1. The molecule has 1 fully saturated rings. The van der Waals surface area contributed by atoms with Crippen LogP contribution in [0.4, 0.5) is 11.8 Å². The summed E-state index contributed by atoms with van der Waals surface area (Å²) >= 11 is 9.38. The first-order valence-electron chi connectivity index (χ1n) is 9.46. The minimum Gasteiger partial charge on any atom is -0.396 e. The number of anilines is 2. The largest absolute Gasteiger partial charge is 0.396 e. The topological polar surface area (TPSA) is 137 Å². The number of rotatable bonds is 4. The van der Waals surface area contributed by atoms with E-state index in [1.54, 1.807) is 11.3 Å². The molecule has 3 aromatic heterocycles. The van der Waals surface area contributed by atoms with Crippen LogP contribution in [0.2, 0.25) is 5.15 Å². The number of nitrogens with zero attached hydrogens (tertiary/aromatic N) is 3. The van der Waals surface area contributed by atoms with Crippen molar-refractivity contribution in [2.24, 2.45) is 5.92 Å². The zero-order valence-corrected chi connectivity index (χ0v) is 18.8. The Morgan fingerprint density at radius 3 is 2.71 bits per heavy atom. The second kappa shape index (κ2) is 9.08. The minimum absolute atomic E-state index is 0.0397. The van der Waals surface area contributed by atoms with Crippen molar-refractivity contribution in [1.29, 1.82) is 0 Å². The Morgan fingerprint density at radius 1 is 1.23 bits per heavy atom. The maximum absolute atomic E-state index is 10.3. The van der Waals surface area contributed by atoms with E-state index in [4.69, 9.17) is 17.3 Å². The number of thiophene rings is 1. The highest BCUT2D eigenvalue weighted by atomic mass is 35.5. The van der Waals surface area contributed by atoms with Gasteiger partial charge in [-0.2, -0.15) is 9.97 Å². The number of nitrogen functional groups attached to an aromatic ring is 1. The third-order valence-corrected chi connectivity index (χ3v) is 7.10. The first-order valence-corrected chi connectivity index (χ1v) is 11.5. The van der Waals surface area contributed by atoms with Gasteiger partial charge in [0.05, 0.1) is 32.6 Å². The Bertz CT molecular complexity index is 1160. The van der Waals surface area contributed by atoms with Crippen LogP contribution >= 0.6 is 34.3 Å². The number of aryl methyl sites for hydroxylation is 1. The summed E-state index contributed by atoms with van der Waals surface area (Å²) in [6, 6.07) is 3.33. The van der Waals surface area contributed by atoms with Crippen LogP contribution in [0.25, 0.3) is 10.6 Å². The van der Waals surface area contributed by atoms with Crippen molar-refractivity contribution in [3.8, 4) is 22.4 Å². The molecule has 6 N–H and O–H groups in total. The number of aliphatic hydroxyl groups excluding tert-OH is 3. The molecule has 162 valence electrons. The molecule has 0 unspecified atom stereocenters. The average molecular weight is 478 g/mol. The van der Waals surface area contributed by atoms with Crippen molar-refractivity contribution in [3.05, 3.63) is 38.1 Å². The van der Waals surface area contributed by atoms with Crippen LogP contribution in [-0.4, -0.2) is 55.1 Å². The molecule has 0 amide bonds. The number of hydrogen-bond acceptors (Lipinski definition) is 10. The van der Waals surface area contributed by atoms with Gasteiger partial charge in [0.1, 0.15) is 17.5 Å². The third-order valence-electron chi connectivity index (χ3n) is 5.03. The Balaban J connectivity index is 1.61. The van der Waals surface area contributed by atoms with Crippen molar-refractivity contribution in [2.45, 2.75) is 31.6 Å². The van der Waals surface area contributed by atoms with Crippen LogP contribution in [0.15, 0.2) is 17.5 Å². The van der Waals surface area contributed by atoms with E-state index in [1.165, 1.54) is 11.3 Å². The molecule has 3 aromatic rings. The molecule has 4 rings (SSSR count). The minimum atomic E-state index is -1.07. The number of halogens is 1. The first kappa shape index (κ1) is 22.0. The number of hydrogen-bond donors (Lipinski definition) is 5. The van der Waals surface area contributed by atoms with Crippen molar-refractivity contribution < 1.29 is 15.3 Å². The van der Waals surface area contributed by atoms with E-state index in [9.17, 15) is 15.3 Å². The standard InChI is InChI=1S/C20H20ClN5O3S2/c1-9-23-14(8-30-9)15-5-3-11(31-15)2-4-12-18(21)25-20(22)26-19(12)24-13-6-10(7-27)16(28)17(13)29/h3,5,8,10,13,16-17,27-29H,6-7H2,1H3,(H3,22,24,25,26)/t10-,13-,16-,17+/m1/s1. The van der Waals surface area contributed by atoms with Gasteiger partial charge in [-0.25, -0.2) is 4.98 Å². The highest BCUT2D eigenvalue weighted by molar-refractivity contribution is 7.16. The molecular formula is C20H20ClN5O3S2. The molecule has 0 bridgehead atoms. The fourth-order valence-electron chi connectivity index (χ4n) is 3.43. The molecule has 1 saturated carbocycles. The zero-order valence-electron chi connectivity index (χ0n) is 16.4. The predicted octanol–water partition coefficient (Wildman–Crippen LogP) is 2.12. The molecule has 0 saturated heterocycles. The maximum Gasteiger partial charge on any atom is 0.223 e. The van der Waals surface area contributed by atoms with E-state index in [0.717, 1.165) is 20.5 Å². The number of aromatic nitrogens is 3. The van der Waals surface area contributed by atoms with Crippen molar-refractivity contribution in [2.75, 3.05) is 17.7 Å². The molecular weight excluding hydrogens is 458 g/mol. The van der Waals surface area contributed by atoms with Gasteiger partial charge in [0.2, 0.25) is 5.95 Å². The fraction of sp³-hybridized carbons (Fsp3) is 0.350. The van der Waals surface area contributed by atoms with Crippen molar-refractivity contribution in [3.63, 3.8) is 0 Å². The van der Waals surface area contributed by atoms with E-state index >= 15 is 0 Å². The molecule has 0 aromatic carbocycles. The summed E-state index contributed by atoms with van der Waals surface area (Å²) in [5.41, 5.74) is 7.00. The quantitative estimate of drug-likeness (QED) is 0.284. The van der Waals surface area contributed by atoms with Crippen LogP contribution in [0, 0.1) is 24.7 Å². The highest BCUT2D eigenvalue weighted by Crippen LogP contribution is 2.31. The lowest BCUT2D eigenvalue weighted by molar-refractivity contribution is 0.00445. The highest BCUT2D eigenvalue weighted by Gasteiger charge is 2.41. The van der Waals surface area contributed by atoms with Gasteiger partial charge in [-0.3, -0.25) is 0 Å². The molecule has 0 spiro atoms. The van der Waals surface area contributed by atoms with Gasteiger partial charge in [0, 0.05) is 17.9 Å². The van der Waals surface area contributed by atoms with Gasteiger partial charge in [0.15, 0.2) is 5.15 Å². The Morgan fingerprint density at radius 2 is 2.03 bits per heavy atom. The van der Waals surface area contributed by atoms with Crippen LogP contribution in [-0.2, 0) is 0 Å². The average Bonchev–Trinajstić information content (AvgIpc) is 3.43. The van der Waals surface area contributed by atoms with E-state index < -0.39 is 24.2 Å². The predicted molar refractivity (Wildman–Crippen MR) is 122 cm³/mol. The Labute approximate surface area is 191 Å². The van der Waals surface area contributed by atoms with Gasteiger partial charge in [-0.1, -0.05) is 23.4 Å². The lowest BCUT2D eigenvalue weighted by Gasteiger charge is -2.19. The van der Waals surface area contributed by atoms with Gasteiger partial charge >= 0.3 is 0 Å².